The summed E-state index contributed by atoms with van der Waals surface area (Å²) >= 11 is 1.37. The Labute approximate surface area is 105 Å². The van der Waals surface area contributed by atoms with Gasteiger partial charge in [0, 0.05) is 0 Å². The van der Waals surface area contributed by atoms with Crippen LogP contribution in [0, 0.1) is 0 Å². The first-order valence-electron chi connectivity index (χ1n) is 5.97. The van der Waals surface area contributed by atoms with Crippen molar-refractivity contribution in [2.45, 2.75) is 31.2 Å². The lowest BCUT2D eigenvalue weighted by Crippen LogP contribution is -2.12. The van der Waals surface area contributed by atoms with Gasteiger partial charge >= 0.3 is 0 Å². The Bertz CT molecular complexity index is 474. The van der Waals surface area contributed by atoms with Crippen LogP contribution < -0.4 is 5.73 Å². The third-order valence-electron chi connectivity index (χ3n) is 3.56. The molecule has 2 aromatic rings. The second kappa shape index (κ2) is 4.55. The maximum absolute atomic E-state index is 6.16. The molecule has 1 unspecified atom stereocenters. The lowest BCUT2D eigenvalue weighted by Gasteiger charge is -2.26. The maximum atomic E-state index is 6.16. The van der Waals surface area contributed by atoms with Gasteiger partial charge in [0.2, 0.25) is 0 Å². The SMILES string of the molecule is NC(c1ccc(C2CCC2)cc1)c1cnns1. The summed E-state index contributed by atoms with van der Waals surface area (Å²) in [6, 6.07) is 8.61. The molecule has 2 N–H and O–H groups in total. The Balaban J connectivity index is 1.79. The summed E-state index contributed by atoms with van der Waals surface area (Å²) in [5.41, 5.74) is 8.76. The van der Waals surface area contributed by atoms with E-state index in [2.05, 4.69) is 33.9 Å². The second-order valence-electron chi connectivity index (χ2n) is 4.59. The molecule has 1 aromatic heterocycles. The van der Waals surface area contributed by atoms with E-state index in [1.165, 1.54) is 36.4 Å². The van der Waals surface area contributed by atoms with E-state index in [0.717, 1.165) is 16.4 Å². The van der Waals surface area contributed by atoms with Crippen molar-refractivity contribution in [3.05, 3.63) is 46.5 Å². The van der Waals surface area contributed by atoms with Crippen molar-refractivity contribution in [3.8, 4) is 0 Å². The van der Waals surface area contributed by atoms with Crippen molar-refractivity contribution in [1.82, 2.24) is 9.59 Å². The zero-order valence-corrected chi connectivity index (χ0v) is 10.4. The van der Waals surface area contributed by atoms with Crippen molar-refractivity contribution in [2.24, 2.45) is 5.73 Å². The van der Waals surface area contributed by atoms with Gasteiger partial charge < -0.3 is 5.73 Å². The van der Waals surface area contributed by atoms with Gasteiger partial charge in [-0.05, 0) is 41.4 Å². The van der Waals surface area contributed by atoms with Crippen LogP contribution >= 0.6 is 11.5 Å². The van der Waals surface area contributed by atoms with Crippen molar-refractivity contribution >= 4 is 11.5 Å². The molecule has 88 valence electrons. The van der Waals surface area contributed by atoms with Gasteiger partial charge in [-0.3, -0.25) is 0 Å². The normalized spacial score (nSPS) is 17.7. The quantitative estimate of drug-likeness (QED) is 0.904. The molecular weight excluding hydrogens is 230 g/mol. The number of aromatic nitrogens is 2. The molecule has 3 nitrogen and oxygen atoms in total. The Morgan fingerprint density at radius 1 is 1.24 bits per heavy atom. The van der Waals surface area contributed by atoms with Gasteiger partial charge in [-0.2, -0.15) is 0 Å². The van der Waals surface area contributed by atoms with Crippen LogP contribution in [0.4, 0.5) is 0 Å². The molecule has 0 saturated heterocycles. The van der Waals surface area contributed by atoms with E-state index in [-0.39, 0.29) is 6.04 Å². The number of hydrogen-bond acceptors (Lipinski definition) is 4. The standard InChI is InChI=1S/C13H15N3S/c14-13(12-8-15-16-17-12)11-6-4-10(5-7-11)9-2-1-3-9/h4-9,13H,1-3,14H2. The molecule has 1 aliphatic carbocycles. The average molecular weight is 245 g/mol. The highest BCUT2D eigenvalue weighted by Gasteiger charge is 2.19. The highest BCUT2D eigenvalue weighted by atomic mass is 32.1. The molecule has 1 aliphatic rings. The van der Waals surface area contributed by atoms with E-state index >= 15 is 0 Å². The van der Waals surface area contributed by atoms with Crippen molar-refractivity contribution in [2.75, 3.05) is 0 Å². The molecule has 3 rings (SSSR count). The molecule has 1 heterocycles. The maximum Gasteiger partial charge on any atom is 0.0678 e. The van der Waals surface area contributed by atoms with Crippen molar-refractivity contribution in [1.29, 1.82) is 0 Å². The molecule has 17 heavy (non-hydrogen) atoms. The van der Waals surface area contributed by atoms with Gasteiger partial charge in [0.05, 0.1) is 17.1 Å². The fourth-order valence-electron chi connectivity index (χ4n) is 2.19. The minimum absolute atomic E-state index is 0.0922. The third kappa shape index (κ3) is 2.10. The Morgan fingerprint density at radius 2 is 2.00 bits per heavy atom. The lowest BCUT2D eigenvalue weighted by molar-refractivity contribution is 0.419. The zero-order chi connectivity index (χ0) is 11.7. The van der Waals surface area contributed by atoms with Crippen molar-refractivity contribution < 1.29 is 0 Å². The van der Waals surface area contributed by atoms with E-state index in [1.807, 2.05) is 0 Å². The van der Waals surface area contributed by atoms with E-state index in [4.69, 9.17) is 5.73 Å². The summed E-state index contributed by atoms with van der Waals surface area (Å²) in [5.74, 6) is 0.783. The molecule has 1 fully saturated rings. The molecule has 0 bridgehead atoms. The fraction of sp³-hybridized carbons (Fsp3) is 0.385. The Hall–Kier alpha value is -1.26. The van der Waals surface area contributed by atoms with Crippen molar-refractivity contribution in [3.63, 3.8) is 0 Å². The Morgan fingerprint density at radius 3 is 2.53 bits per heavy atom. The molecule has 0 aliphatic heterocycles. The van der Waals surface area contributed by atoms with Crippen LogP contribution in [0.15, 0.2) is 30.5 Å². The van der Waals surface area contributed by atoms with E-state index in [1.54, 1.807) is 6.20 Å². The minimum atomic E-state index is -0.0922. The zero-order valence-electron chi connectivity index (χ0n) is 9.54. The molecule has 4 heteroatoms. The highest BCUT2D eigenvalue weighted by molar-refractivity contribution is 7.05. The first kappa shape index (κ1) is 10.9. The molecule has 0 spiro atoms. The van der Waals surface area contributed by atoms with Crippen LogP contribution in [0.1, 0.15) is 47.2 Å². The average Bonchev–Trinajstić information content (AvgIpc) is 2.80. The first-order valence-corrected chi connectivity index (χ1v) is 6.74. The molecule has 1 aromatic carbocycles. The van der Waals surface area contributed by atoms with Gasteiger partial charge in [-0.25, -0.2) is 0 Å². The van der Waals surface area contributed by atoms with E-state index in [0.29, 0.717) is 0 Å². The van der Waals surface area contributed by atoms with Crippen LogP contribution in [0.2, 0.25) is 0 Å². The predicted octanol–water partition coefficient (Wildman–Crippen LogP) is 2.85. The smallest absolute Gasteiger partial charge is 0.0678 e. The molecule has 0 radical (unpaired) electrons. The van der Waals surface area contributed by atoms with Gasteiger partial charge in [0.1, 0.15) is 0 Å². The van der Waals surface area contributed by atoms with Gasteiger partial charge in [-0.1, -0.05) is 35.2 Å². The highest BCUT2D eigenvalue weighted by Crippen LogP contribution is 2.36. The molecular formula is C13H15N3S. The van der Waals surface area contributed by atoms with Gasteiger partial charge in [-0.15, -0.1) is 5.10 Å². The van der Waals surface area contributed by atoms with Crippen LogP contribution in [0.3, 0.4) is 0 Å². The van der Waals surface area contributed by atoms with Crippen LogP contribution in [-0.2, 0) is 0 Å². The summed E-state index contributed by atoms with van der Waals surface area (Å²) < 4.78 is 3.85. The molecule has 1 atom stereocenters. The van der Waals surface area contributed by atoms with Crippen LogP contribution in [0.25, 0.3) is 0 Å². The lowest BCUT2D eigenvalue weighted by atomic mass is 9.80. The number of nitrogens with two attached hydrogens (primary N) is 1. The number of rotatable bonds is 3. The monoisotopic (exact) mass is 245 g/mol. The number of benzene rings is 1. The van der Waals surface area contributed by atoms with E-state index in [9.17, 15) is 0 Å². The summed E-state index contributed by atoms with van der Waals surface area (Å²) in [4.78, 5) is 1.02. The minimum Gasteiger partial charge on any atom is -0.320 e. The summed E-state index contributed by atoms with van der Waals surface area (Å²) in [6.45, 7) is 0. The molecule has 1 saturated carbocycles. The summed E-state index contributed by atoms with van der Waals surface area (Å²) in [7, 11) is 0. The molecule has 0 amide bonds. The summed E-state index contributed by atoms with van der Waals surface area (Å²) in [5, 5.41) is 3.83. The van der Waals surface area contributed by atoms with Gasteiger partial charge in [0.15, 0.2) is 0 Å². The first-order chi connectivity index (χ1) is 8.34. The van der Waals surface area contributed by atoms with Gasteiger partial charge in [0.25, 0.3) is 0 Å². The fourth-order valence-corrected chi connectivity index (χ4v) is 2.73. The van der Waals surface area contributed by atoms with E-state index < -0.39 is 0 Å². The third-order valence-corrected chi connectivity index (χ3v) is 4.30. The predicted molar refractivity (Wildman–Crippen MR) is 69.0 cm³/mol. The second-order valence-corrected chi connectivity index (χ2v) is 5.41. The largest absolute Gasteiger partial charge is 0.320 e. The topological polar surface area (TPSA) is 51.8 Å². The Kier molecular flexibility index (Phi) is 2.91. The summed E-state index contributed by atoms with van der Waals surface area (Å²) in [6.07, 6.45) is 5.79. The number of hydrogen-bond donors (Lipinski definition) is 1. The van der Waals surface area contributed by atoms with Crippen LogP contribution in [0.5, 0.6) is 0 Å². The van der Waals surface area contributed by atoms with Crippen LogP contribution in [-0.4, -0.2) is 9.59 Å². The number of nitrogens with zero attached hydrogens (tertiary/aromatic N) is 2.